The molecule has 108 valence electrons. The number of rotatable bonds is 5. The van der Waals surface area contributed by atoms with Gasteiger partial charge in [0.2, 0.25) is 0 Å². The zero-order chi connectivity index (χ0) is 14.7. The molecule has 21 heavy (non-hydrogen) atoms. The van der Waals surface area contributed by atoms with E-state index in [1.165, 1.54) is 0 Å². The lowest BCUT2D eigenvalue weighted by Gasteiger charge is -2.09. The smallest absolute Gasteiger partial charge is 0.173 e. The van der Waals surface area contributed by atoms with Crippen LogP contribution in [-0.4, -0.2) is 10.9 Å². The fraction of sp³-hybridized carbons (Fsp3) is 0.235. The predicted octanol–water partition coefficient (Wildman–Crippen LogP) is 4.19. The van der Waals surface area contributed by atoms with Gasteiger partial charge in [0.05, 0.1) is 5.69 Å². The minimum Gasteiger partial charge on any atom is -0.488 e. The zero-order valence-corrected chi connectivity index (χ0v) is 12.8. The van der Waals surface area contributed by atoms with Crippen LogP contribution in [0.25, 0.3) is 11.0 Å². The Hall–Kier alpha value is -1.94. The Morgan fingerprint density at radius 2 is 1.95 bits per heavy atom. The Morgan fingerprint density at radius 3 is 2.71 bits per heavy atom. The number of aryl methyl sites for hydroxylation is 2. The summed E-state index contributed by atoms with van der Waals surface area (Å²) in [5.41, 5.74) is 3.89. The molecule has 0 aliphatic carbocycles. The van der Waals surface area contributed by atoms with Gasteiger partial charge in [-0.2, -0.15) is 12.6 Å². The van der Waals surface area contributed by atoms with Crippen LogP contribution in [0.4, 0.5) is 0 Å². The molecule has 4 heteroatoms. The summed E-state index contributed by atoms with van der Waals surface area (Å²) < 4.78 is 11.4. The number of thiol groups is 1. The van der Waals surface area contributed by atoms with Crippen molar-refractivity contribution in [3.63, 3.8) is 0 Å². The topological polar surface area (TPSA) is 35.3 Å². The first-order valence-corrected chi connectivity index (χ1v) is 7.58. The molecule has 0 saturated heterocycles. The first kappa shape index (κ1) is 14.0. The van der Waals surface area contributed by atoms with Crippen molar-refractivity contribution >= 4 is 23.6 Å². The lowest BCUT2D eigenvalue weighted by atomic mass is 10.1. The van der Waals surface area contributed by atoms with Crippen LogP contribution in [0.2, 0.25) is 0 Å². The molecular weight excluding hydrogens is 282 g/mol. The third-order valence-corrected chi connectivity index (χ3v) is 3.72. The summed E-state index contributed by atoms with van der Waals surface area (Å²) in [6.45, 7) is 2.54. The summed E-state index contributed by atoms with van der Waals surface area (Å²) >= 11 is 4.25. The fourth-order valence-corrected chi connectivity index (χ4v) is 2.56. The molecule has 2 aromatic carbocycles. The highest BCUT2D eigenvalue weighted by molar-refractivity contribution is 7.80. The van der Waals surface area contributed by atoms with E-state index in [-0.39, 0.29) is 0 Å². The van der Waals surface area contributed by atoms with Crippen LogP contribution in [0.3, 0.4) is 0 Å². The highest BCUT2D eigenvalue weighted by atomic mass is 32.1. The van der Waals surface area contributed by atoms with E-state index >= 15 is 0 Å². The maximum atomic E-state index is 5.90. The maximum absolute atomic E-state index is 5.90. The molecule has 3 aromatic rings. The van der Waals surface area contributed by atoms with Crippen LogP contribution in [0.15, 0.2) is 47.0 Å². The molecule has 0 spiro atoms. The van der Waals surface area contributed by atoms with Crippen molar-refractivity contribution in [2.75, 3.05) is 5.75 Å². The number of benzene rings is 2. The third kappa shape index (κ3) is 2.90. The SMILES string of the molecule is Cc1c(OCc2ccccc2)ccc2c(CCS)noc12. The van der Waals surface area contributed by atoms with Crippen LogP contribution < -0.4 is 4.74 Å². The van der Waals surface area contributed by atoms with Gasteiger partial charge in [0, 0.05) is 17.4 Å². The number of hydrogen-bond acceptors (Lipinski definition) is 4. The van der Waals surface area contributed by atoms with E-state index in [2.05, 4.69) is 17.8 Å². The first-order chi connectivity index (χ1) is 10.3. The fourth-order valence-electron chi connectivity index (χ4n) is 2.35. The van der Waals surface area contributed by atoms with Crippen LogP contribution in [0.5, 0.6) is 5.75 Å². The Balaban J connectivity index is 1.85. The molecule has 0 bridgehead atoms. The number of ether oxygens (including phenoxy) is 1. The van der Waals surface area contributed by atoms with E-state index in [0.29, 0.717) is 6.61 Å². The first-order valence-electron chi connectivity index (χ1n) is 6.95. The highest BCUT2D eigenvalue weighted by Crippen LogP contribution is 2.30. The van der Waals surface area contributed by atoms with E-state index in [0.717, 1.165) is 45.7 Å². The number of aromatic nitrogens is 1. The Labute approximate surface area is 129 Å². The Kier molecular flexibility index (Phi) is 4.15. The summed E-state index contributed by atoms with van der Waals surface area (Å²) in [6.07, 6.45) is 0.805. The molecule has 0 aliphatic rings. The van der Waals surface area contributed by atoms with Gasteiger partial charge in [-0.1, -0.05) is 35.5 Å². The lowest BCUT2D eigenvalue weighted by molar-refractivity contribution is 0.303. The van der Waals surface area contributed by atoms with Gasteiger partial charge >= 0.3 is 0 Å². The van der Waals surface area contributed by atoms with E-state index in [9.17, 15) is 0 Å². The second kappa shape index (κ2) is 6.22. The summed E-state index contributed by atoms with van der Waals surface area (Å²) in [6, 6.07) is 14.1. The van der Waals surface area contributed by atoms with Crippen molar-refractivity contribution in [3.8, 4) is 5.75 Å². The average molecular weight is 299 g/mol. The van der Waals surface area contributed by atoms with Crippen molar-refractivity contribution in [2.45, 2.75) is 20.0 Å². The molecule has 0 amide bonds. The summed E-state index contributed by atoms with van der Waals surface area (Å²) in [4.78, 5) is 0. The number of fused-ring (bicyclic) bond motifs is 1. The van der Waals surface area contributed by atoms with Crippen molar-refractivity contribution in [2.24, 2.45) is 0 Å². The molecule has 0 atom stereocenters. The molecule has 3 rings (SSSR count). The van der Waals surface area contributed by atoms with Gasteiger partial charge in [-0.15, -0.1) is 0 Å². The van der Waals surface area contributed by atoms with Gasteiger partial charge in [-0.25, -0.2) is 0 Å². The van der Waals surface area contributed by atoms with Gasteiger partial charge in [0.15, 0.2) is 5.58 Å². The molecule has 0 unspecified atom stereocenters. The van der Waals surface area contributed by atoms with Crippen LogP contribution in [0.1, 0.15) is 16.8 Å². The van der Waals surface area contributed by atoms with Gasteiger partial charge in [-0.3, -0.25) is 0 Å². The summed E-state index contributed by atoms with van der Waals surface area (Å²) in [7, 11) is 0. The Morgan fingerprint density at radius 1 is 1.14 bits per heavy atom. The van der Waals surface area contributed by atoms with Gasteiger partial charge in [0.25, 0.3) is 0 Å². The van der Waals surface area contributed by atoms with Gasteiger partial charge in [-0.05, 0) is 30.4 Å². The maximum Gasteiger partial charge on any atom is 0.173 e. The van der Waals surface area contributed by atoms with Crippen molar-refractivity contribution in [1.82, 2.24) is 5.16 Å². The molecule has 1 heterocycles. The normalized spacial score (nSPS) is 11.0. The monoisotopic (exact) mass is 299 g/mol. The zero-order valence-electron chi connectivity index (χ0n) is 11.9. The largest absolute Gasteiger partial charge is 0.488 e. The lowest BCUT2D eigenvalue weighted by Crippen LogP contribution is -1.97. The molecule has 0 saturated carbocycles. The van der Waals surface area contributed by atoms with E-state index in [1.54, 1.807) is 0 Å². The van der Waals surface area contributed by atoms with Crippen LogP contribution in [-0.2, 0) is 13.0 Å². The van der Waals surface area contributed by atoms with E-state index < -0.39 is 0 Å². The number of nitrogens with zero attached hydrogens (tertiary/aromatic N) is 1. The third-order valence-electron chi connectivity index (χ3n) is 3.50. The quantitative estimate of drug-likeness (QED) is 0.718. The Bertz CT molecular complexity index is 737. The van der Waals surface area contributed by atoms with E-state index in [1.807, 2.05) is 49.4 Å². The molecule has 1 aromatic heterocycles. The molecule has 0 radical (unpaired) electrons. The minimum absolute atomic E-state index is 0.546. The van der Waals surface area contributed by atoms with Crippen LogP contribution >= 0.6 is 12.6 Å². The standard InChI is InChI=1S/C17H17NO2S/c1-12-16(19-11-13-5-3-2-4-6-13)8-7-14-15(9-10-21)18-20-17(12)14/h2-8,21H,9-11H2,1H3. The van der Waals surface area contributed by atoms with Crippen LogP contribution in [0, 0.1) is 6.92 Å². The van der Waals surface area contributed by atoms with Crippen molar-refractivity contribution in [1.29, 1.82) is 0 Å². The average Bonchev–Trinajstić information content (AvgIpc) is 2.92. The summed E-state index contributed by atoms with van der Waals surface area (Å²) in [5, 5.41) is 5.18. The van der Waals surface area contributed by atoms with Gasteiger partial charge in [0.1, 0.15) is 12.4 Å². The second-order valence-electron chi connectivity index (χ2n) is 4.94. The second-order valence-corrected chi connectivity index (χ2v) is 5.39. The highest BCUT2D eigenvalue weighted by Gasteiger charge is 2.13. The number of hydrogen-bond donors (Lipinski definition) is 1. The molecule has 0 fully saturated rings. The predicted molar refractivity (Wildman–Crippen MR) is 87.1 cm³/mol. The molecule has 3 nitrogen and oxygen atoms in total. The van der Waals surface area contributed by atoms with E-state index in [4.69, 9.17) is 9.26 Å². The molecule has 0 N–H and O–H groups in total. The minimum atomic E-state index is 0.546. The molecular formula is C17H17NO2S. The van der Waals surface area contributed by atoms with Crippen molar-refractivity contribution in [3.05, 3.63) is 59.3 Å². The van der Waals surface area contributed by atoms with Gasteiger partial charge < -0.3 is 9.26 Å². The summed E-state index contributed by atoms with van der Waals surface area (Å²) in [5.74, 6) is 1.59. The molecule has 0 aliphatic heterocycles. The van der Waals surface area contributed by atoms with Crippen molar-refractivity contribution < 1.29 is 9.26 Å².